The fourth-order valence-corrected chi connectivity index (χ4v) is 2.60. The van der Waals surface area contributed by atoms with Gasteiger partial charge in [-0.2, -0.15) is 0 Å². The Kier molecular flexibility index (Phi) is 5.90. The van der Waals surface area contributed by atoms with Crippen molar-refractivity contribution < 1.29 is 19.1 Å². The number of halogens is 1. The highest BCUT2D eigenvalue weighted by molar-refractivity contribution is 6.31. The Labute approximate surface area is 152 Å². The van der Waals surface area contributed by atoms with Crippen LogP contribution in [0.25, 0.3) is 17.0 Å². The normalized spacial score (nSPS) is 11.9. The Morgan fingerprint density at radius 1 is 1.24 bits per heavy atom. The third-order valence-corrected chi connectivity index (χ3v) is 3.51. The van der Waals surface area contributed by atoms with E-state index in [2.05, 4.69) is 0 Å². The summed E-state index contributed by atoms with van der Waals surface area (Å²) in [4.78, 5) is 23.8. The van der Waals surface area contributed by atoms with Crippen LogP contribution in [0.2, 0.25) is 5.02 Å². The lowest BCUT2D eigenvalue weighted by molar-refractivity contribution is -0.155. The molecule has 0 saturated heterocycles. The minimum atomic E-state index is -0.565. The van der Waals surface area contributed by atoms with Gasteiger partial charge in [0.1, 0.15) is 12.1 Å². The molecule has 0 amide bonds. The van der Waals surface area contributed by atoms with Crippen LogP contribution in [-0.2, 0) is 25.6 Å². The summed E-state index contributed by atoms with van der Waals surface area (Å²) in [6.07, 6.45) is 2.96. The topological polar surface area (TPSA) is 57.5 Å². The van der Waals surface area contributed by atoms with Crippen molar-refractivity contribution in [3.8, 4) is 0 Å². The van der Waals surface area contributed by atoms with Crippen molar-refractivity contribution in [3.05, 3.63) is 41.1 Å². The van der Waals surface area contributed by atoms with Crippen molar-refractivity contribution in [2.24, 2.45) is 0 Å². The highest BCUT2D eigenvalue weighted by atomic mass is 35.5. The van der Waals surface area contributed by atoms with E-state index >= 15 is 0 Å². The van der Waals surface area contributed by atoms with Gasteiger partial charge in [0.2, 0.25) is 0 Å². The second-order valence-corrected chi connectivity index (χ2v) is 6.97. The maximum atomic E-state index is 12.2. The Balaban J connectivity index is 2.39. The van der Waals surface area contributed by atoms with Crippen LogP contribution in [0.3, 0.4) is 0 Å². The van der Waals surface area contributed by atoms with E-state index in [9.17, 15) is 9.59 Å². The van der Waals surface area contributed by atoms with Gasteiger partial charge in [-0.25, -0.2) is 4.79 Å². The van der Waals surface area contributed by atoms with Crippen molar-refractivity contribution in [2.75, 3.05) is 6.61 Å². The van der Waals surface area contributed by atoms with Crippen LogP contribution in [0.1, 0.15) is 33.4 Å². The number of esters is 2. The van der Waals surface area contributed by atoms with E-state index in [0.29, 0.717) is 17.3 Å². The molecule has 1 heterocycles. The minimum Gasteiger partial charge on any atom is -0.463 e. The molecule has 25 heavy (non-hydrogen) atoms. The number of nitrogens with zero attached hydrogens (tertiary/aromatic N) is 1. The maximum Gasteiger partial charge on any atom is 0.330 e. The van der Waals surface area contributed by atoms with Crippen LogP contribution in [0.15, 0.2) is 30.3 Å². The molecule has 0 fully saturated rings. The predicted octanol–water partition coefficient (Wildman–Crippen LogP) is 4.21. The molecule has 2 rings (SSSR count). The number of ether oxygens (including phenoxy) is 2. The lowest BCUT2D eigenvalue weighted by Gasteiger charge is -2.20. The summed E-state index contributed by atoms with van der Waals surface area (Å²) in [7, 11) is 0. The molecule has 0 atom stereocenters. The Bertz CT molecular complexity index is 815. The summed E-state index contributed by atoms with van der Waals surface area (Å²) in [6.45, 7) is 7.54. The van der Waals surface area contributed by atoms with Gasteiger partial charge >= 0.3 is 11.9 Å². The zero-order valence-electron chi connectivity index (χ0n) is 14.8. The van der Waals surface area contributed by atoms with Gasteiger partial charge in [0.05, 0.1) is 6.61 Å². The van der Waals surface area contributed by atoms with Crippen LogP contribution in [0, 0.1) is 0 Å². The monoisotopic (exact) mass is 363 g/mol. The summed E-state index contributed by atoms with van der Waals surface area (Å²) in [6, 6.07) is 7.27. The predicted molar refractivity (Wildman–Crippen MR) is 98.5 cm³/mol. The Morgan fingerprint density at radius 2 is 1.96 bits per heavy atom. The van der Waals surface area contributed by atoms with Gasteiger partial charge in [0, 0.05) is 27.7 Å². The van der Waals surface area contributed by atoms with Crippen molar-refractivity contribution >= 4 is 40.5 Å². The Hall–Kier alpha value is -2.27. The van der Waals surface area contributed by atoms with Gasteiger partial charge in [-0.05, 0) is 58.0 Å². The molecular weight excluding hydrogens is 342 g/mol. The summed E-state index contributed by atoms with van der Waals surface area (Å²) >= 11 is 6.05. The summed E-state index contributed by atoms with van der Waals surface area (Å²) in [5.41, 5.74) is 0.958. The number of fused-ring (bicyclic) bond motifs is 1. The molecule has 1 aromatic carbocycles. The van der Waals surface area contributed by atoms with Crippen LogP contribution in [-0.4, -0.2) is 28.7 Å². The molecular formula is C19H22ClNO4. The number of carbonyl (C=O) groups is 2. The van der Waals surface area contributed by atoms with Crippen molar-refractivity contribution in [3.63, 3.8) is 0 Å². The lowest BCUT2D eigenvalue weighted by atomic mass is 10.2. The van der Waals surface area contributed by atoms with Crippen LogP contribution in [0.5, 0.6) is 0 Å². The molecule has 0 aliphatic heterocycles. The first-order chi connectivity index (χ1) is 11.7. The summed E-state index contributed by atoms with van der Waals surface area (Å²) in [5, 5.41) is 1.47. The number of hydrogen-bond donors (Lipinski definition) is 0. The van der Waals surface area contributed by atoms with E-state index in [1.54, 1.807) is 23.6 Å². The van der Waals surface area contributed by atoms with Crippen LogP contribution < -0.4 is 0 Å². The summed E-state index contributed by atoms with van der Waals surface area (Å²) < 4.78 is 12.1. The van der Waals surface area contributed by atoms with E-state index in [-0.39, 0.29) is 12.5 Å². The Morgan fingerprint density at radius 3 is 2.60 bits per heavy atom. The molecule has 134 valence electrons. The second-order valence-electron chi connectivity index (χ2n) is 6.53. The molecule has 0 bridgehead atoms. The smallest absolute Gasteiger partial charge is 0.330 e. The zero-order chi connectivity index (χ0) is 18.6. The van der Waals surface area contributed by atoms with Gasteiger partial charge in [0.25, 0.3) is 0 Å². The number of hydrogen-bond acceptors (Lipinski definition) is 4. The van der Waals surface area contributed by atoms with E-state index in [1.165, 1.54) is 6.08 Å². The van der Waals surface area contributed by atoms with E-state index < -0.39 is 11.6 Å². The molecule has 0 aliphatic carbocycles. The fraction of sp³-hybridized carbons (Fsp3) is 0.368. The number of aromatic nitrogens is 1. The lowest BCUT2D eigenvalue weighted by Crippen LogP contribution is -2.26. The largest absolute Gasteiger partial charge is 0.463 e. The first-order valence-corrected chi connectivity index (χ1v) is 8.43. The average molecular weight is 364 g/mol. The molecule has 1 aromatic heterocycles. The quantitative estimate of drug-likeness (QED) is 0.589. The molecule has 0 N–H and O–H groups in total. The molecule has 0 saturated carbocycles. The van der Waals surface area contributed by atoms with Crippen LogP contribution in [0.4, 0.5) is 0 Å². The highest BCUT2D eigenvalue weighted by Crippen LogP contribution is 2.25. The molecule has 5 nitrogen and oxygen atoms in total. The minimum absolute atomic E-state index is 0.0326. The standard InChI is InChI=1S/C19H22ClNO4/c1-5-24-17(22)9-7-15-11-13-10-14(20)6-8-16(13)21(15)12-18(23)25-19(2,3)4/h6-11H,5,12H2,1-4H3/b9-7+. The van der Waals surface area contributed by atoms with Crippen molar-refractivity contribution in [1.29, 1.82) is 0 Å². The molecule has 0 aliphatic rings. The zero-order valence-corrected chi connectivity index (χ0v) is 15.6. The first kappa shape index (κ1) is 19.1. The van der Waals surface area contributed by atoms with Crippen LogP contribution >= 0.6 is 11.6 Å². The van der Waals surface area contributed by atoms with E-state index in [0.717, 1.165) is 10.9 Å². The molecule has 0 unspecified atom stereocenters. The van der Waals surface area contributed by atoms with E-state index in [4.69, 9.17) is 21.1 Å². The van der Waals surface area contributed by atoms with Gasteiger partial charge in [-0.3, -0.25) is 4.79 Å². The fourth-order valence-electron chi connectivity index (χ4n) is 2.42. The number of rotatable bonds is 5. The van der Waals surface area contributed by atoms with Gasteiger partial charge < -0.3 is 14.0 Å². The number of carbonyl (C=O) groups excluding carboxylic acids is 2. The van der Waals surface area contributed by atoms with Gasteiger partial charge in [-0.1, -0.05) is 11.6 Å². The van der Waals surface area contributed by atoms with Crippen molar-refractivity contribution in [2.45, 2.75) is 39.8 Å². The molecule has 2 aromatic rings. The number of benzene rings is 1. The molecule has 6 heteroatoms. The van der Waals surface area contributed by atoms with Crippen molar-refractivity contribution in [1.82, 2.24) is 4.57 Å². The van der Waals surface area contributed by atoms with E-state index in [1.807, 2.05) is 39.0 Å². The van der Waals surface area contributed by atoms with Gasteiger partial charge in [-0.15, -0.1) is 0 Å². The summed E-state index contributed by atoms with van der Waals surface area (Å²) in [5.74, 6) is -0.791. The third-order valence-electron chi connectivity index (χ3n) is 3.28. The third kappa shape index (κ3) is 5.36. The molecule has 0 spiro atoms. The first-order valence-electron chi connectivity index (χ1n) is 8.05. The second kappa shape index (κ2) is 7.74. The maximum absolute atomic E-state index is 12.2. The van der Waals surface area contributed by atoms with Gasteiger partial charge in [0.15, 0.2) is 0 Å². The average Bonchev–Trinajstić information content (AvgIpc) is 2.80. The highest BCUT2D eigenvalue weighted by Gasteiger charge is 2.18. The molecule has 0 radical (unpaired) electrons. The SMILES string of the molecule is CCOC(=O)/C=C/c1cc2cc(Cl)ccc2n1CC(=O)OC(C)(C)C.